The molecular weight excluding hydrogens is 781 g/mol. The van der Waals surface area contributed by atoms with Gasteiger partial charge in [-0.2, -0.15) is 0 Å². The summed E-state index contributed by atoms with van der Waals surface area (Å²) in [5.41, 5.74) is 0. The summed E-state index contributed by atoms with van der Waals surface area (Å²) < 4.78 is 16.9. The predicted octanol–water partition coefficient (Wildman–Crippen LogP) is 18.5. The van der Waals surface area contributed by atoms with Crippen LogP contribution in [0.5, 0.6) is 0 Å². The zero-order valence-electron chi connectivity index (χ0n) is 43.2. The lowest BCUT2D eigenvalue weighted by molar-refractivity contribution is -0.167. The average Bonchev–Trinajstić information content (AvgIpc) is 3.27. The molecule has 0 amide bonds. The minimum absolute atomic E-state index is 0.0632. The van der Waals surface area contributed by atoms with Gasteiger partial charge in [-0.05, 0) is 31.1 Å². The number of rotatable bonds is 51. The van der Waals surface area contributed by atoms with Crippen LogP contribution in [0, 0.1) is 11.8 Å². The van der Waals surface area contributed by atoms with Crippen LogP contribution in [0.1, 0.15) is 317 Å². The number of carbonyl (C=O) groups excluding carboxylic acids is 3. The zero-order valence-corrected chi connectivity index (χ0v) is 43.2. The molecule has 0 saturated carbocycles. The summed E-state index contributed by atoms with van der Waals surface area (Å²) in [6.07, 6.45) is 52.3. The van der Waals surface area contributed by atoms with E-state index in [1.54, 1.807) is 0 Å². The first-order valence-electron chi connectivity index (χ1n) is 28.3. The van der Waals surface area contributed by atoms with Crippen molar-refractivity contribution in [3.05, 3.63) is 0 Å². The third-order valence-electron chi connectivity index (χ3n) is 13.3. The van der Waals surface area contributed by atoms with Gasteiger partial charge in [-0.25, -0.2) is 0 Å². The molecule has 63 heavy (non-hydrogen) atoms. The molecule has 0 aliphatic rings. The smallest absolute Gasteiger partial charge is 0.306 e. The predicted molar refractivity (Wildman–Crippen MR) is 270 cm³/mol. The Balaban J connectivity index is 4.29. The first kappa shape index (κ1) is 61.4. The second-order valence-electron chi connectivity index (χ2n) is 20.3. The molecule has 0 aliphatic heterocycles. The van der Waals surface area contributed by atoms with Crippen LogP contribution in [0.3, 0.4) is 0 Å². The highest BCUT2D eigenvalue weighted by Gasteiger charge is 2.19. The van der Waals surface area contributed by atoms with Gasteiger partial charge in [0.1, 0.15) is 13.2 Å². The topological polar surface area (TPSA) is 78.9 Å². The Morgan fingerprint density at radius 1 is 0.333 bits per heavy atom. The van der Waals surface area contributed by atoms with Gasteiger partial charge >= 0.3 is 17.9 Å². The summed E-state index contributed by atoms with van der Waals surface area (Å²) in [7, 11) is 0. The average molecular weight is 892 g/mol. The molecule has 0 aliphatic carbocycles. The van der Waals surface area contributed by atoms with Crippen molar-refractivity contribution in [3.8, 4) is 0 Å². The van der Waals surface area contributed by atoms with E-state index in [4.69, 9.17) is 14.2 Å². The van der Waals surface area contributed by atoms with E-state index >= 15 is 0 Å². The Morgan fingerprint density at radius 2 is 0.603 bits per heavy atom. The molecule has 0 aromatic rings. The van der Waals surface area contributed by atoms with Crippen molar-refractivity contribution in [3.63, 3.8) is 0 Å². The molecule has 0 aromatic carbocycles. The summed E-state index contributed by atoms with van der Waals surface area (Å²) in [6.45, 7) is 11.4. The van der Waals surface area contributed by atoms with E-state index in [0.717, 1.165) is 69.6 Å². The number of unbranched alkanes of at least 4 members (excludes halogenated alkanes) is 35. The standard InChI is InChI=1S/C57H110O6/c1-6-8-9-10-11-12-13-14-15-16-17-18-19-20-27-32-37-42-47-55(58)61-50-54(51-62-56(59)48-43-38-33-28-23-21-25-30-35-40-45-52(3)4)63-57(60)49-44-39-34-29-24-22-26-31-36-41-46-53(5)7-2/h52-54H,6-51H2,1-5H3/t53?,54-/m0/s1. The van der Waals surface area contributed by atoms with Crippen molar-refractivity contribution in [2.24, 2.45) is 11.8 Å². The highest BCUT2D eigenvalue weighted by molar-refractivity contribution is 5.71. The fourth-order valence-corrected chi connectivity index (χ4v) is 8.66. The second-order valence-corrected chi connectivity index (χ2v) is 20.3. The monoisotopic (exact) mass is 891 g/mol. The number of carbonyl (C=O) groups is 3. The Morgan fingerprint density at radius 3 is 0.905 bits per heavy atom. The first-order chi connectivity index (χ1) is 30.8. The van der Waals surface area contributed by atoms with E-state index in [2.05, 4.69) is 34.6 Å². The van der Waals surface area contributed by atoms with E-state index in [1.807, 2.05) is 0 Å². The molecular formula is C57H110O6. The van der Waals surface area contributed by atoms with Crippen LogP contribution in [-0.4, -0.2) is 37.2 Å². The fraction of sp³-hybridized carbons (Fsp3) is 0.947. The van der Waals surface area contributed by atoms with Crippen LogP contribution in [0.4, 0.5) is 0 Å². The molecule has 0 heterocycles. The Kier molecular flexibility index (Phi) is 48.6. The summed E-state index contributed by atoms with van der Waals surface area (Å²) in [5.74, 6) is 0.843. The van der Waals surface area contributed by atoms with Gasteiger partial charge in [0, 0.05) is 19.3 Å². The van der Waals surface area contributed by atoms with Crippen molar-refractivity contribution in [2.45, 2.75) is 323 Å². The van der Waals surface area contributed by atoms with Crippen LogP contribution in [0.15, 0.2) is 0 Å². The van der Waals surface area contributed by atoms with Crippen LogP contribution < -0.4 is 0 Å². The SMILES string of the molecule is CCCCCCCCCCCCCCCCCCCCC(=O)OC[C@@H](COC(=O)CCCCCCCCCCCCC(C)C)OC(=O)CCCCCCCCCCCCC(C)CC. The molecule has 1 unspecified atom stereocenters. The van der Waals surface area contributed by atoms with Gasteiger partial charge in [0.2, 0.25) is 0 Å². The quantitative estimate of drug-likeness (QED) is 0.0344. The van der Waals surface area contributed by atoms with Gasteiger partial charge in [0.25, 0.3) is 0 Å². The highest BCUT2D eigenvalue weighted by atomic mass is 16.6. The largest absolute Gasteiger partial charge is 0.462 e. The van der Waals surface area contributed by atoms with Gasteiger partial charge in [0.15, 0.2) is 6.10 Å². The van der Waals surface area contributed by atoms with Gasteiger partial charge < -0.3 is 14.2 Å². The van der Waals surface area contributed by atoms with Crippen molar-refractivity contribution in [1.29, 1.82) is 0 Å². The van der Waals surface area contributed by atoms with E-state index in [0.29, 0.717) is 19.3 Å². The Hall–Kier alpha value is -1.59. The molecule has 6 nitrogen and oxygen atoms in total. The van der Waals surface area contributed by atoms with Crippen LogP contribution >= 0.6 is 0 Å². The summed E-state index contributed by atoms with van der Waals surface area (Å²) >= 11 is 0. The summed E-state index contributed by atoms with van der Waals surface area (Å²) in [5, 5.41) is 0. The van der Waals surface area contributed by atoms with E-state index in [9.17, 15) is 14.4 Å². The zero-order chi connectivity index (χ0) is 46.1. The van der Waals surface area contributed by atoms with E-state index < -0.39 is 6.10 Å². The van der Waals surface area contributed by atoms with Gasteiger partial charge in [-0.15, -0.1) is 0 Å². The van der Waals surface area contributed by atoms with Gasteiger partial charge in [-0.3, -0.25) is 14.4 Å². The molecule has 0 bridgehead atoms. The molecule has 6 heteroatoms. The van der Waals surface area contributed by atoms with Gasteiger partial charge in [0.05, 0.1) is 0 Å². The van der Waals surface area contributed by atoms with E-state index in [1.165, 1.54) is 205 Å². The third-order valence-corrected chi connectivity index (χ3v) is 13.3. The minimum Gasteiger partial charge on any atom is -0.462 e. The molecule has 0 fully saturated rings. The number of hydrogen-bond acceptors (Lipinski definition) is 6. The molecule has 0 rings (SSSR count). The number of hydrogen-bond donors (Lipinski definition) is 0. The molecule has 0 radical (unpaired) electrons. The summed E-state index contributed by atoms with van der Waals surface area (Å²) in [4.78, 5) is 38.1. The molecule has 0 spiro atoms. The second kappa shape index (κ2) is 49.8. The fourth-order valence-electron chi connectivity index (χ4n) is 8.66. The summed E-state index contributed by atoms with van der Waals surface area (Å²) in [6, 6.07) is 0. The maximum Gasteiger partial charge on any atom is 0.306 e. The van der Waals surface area contributed by atoms with Crippen LogP contribution in [0.2, 0.25) is 0 Å². The lowest BCUT2D eigenvalue weighted by Crippen LogP contribution is -2.30. The first-order valence-corrected chi connectivity index (χ1v) is 28.3. The molecule has 0 saturated heterocycles. The van der Waals surface area contributed by atoms with Crippen LogP contribution in [-0.2, 0) is 28.6 Å². The lowest BCUT2D eigenvalue weighted by atomic mass is 9.99. The maximum atomic E-state index is 12.8. The molecule has 2 atom stereocenters. The van der Waals surface area contributed by atoms with Gasteiger partial charge in [-0.1, -0.05) is 279 Å². The van der Waals surface area contributed by atoms with Crippen molar-refractivity contribution in [1.82, 2.24) is 0 Å². The van der Waals surface area contributed by atoms with Crippen molar-refractivity contribution in [2.75, 3.05) is 13.2 Å². The van der Waals surface area contributed by atoms with E-state index in [-0.39, 0.29) is 31.1 Å². The van der Waals surface area contributed by atoms with Crippen molar-refractivity contribution >= 4 is 17.9 Å². The third kappa shape index (κ3) is 49.7. The lowest BCUT2D eigenvalue weighted by Gasteiger charge is -2.18. The molecule has 374 valence electrons. The normalized spacial score (nSPS) is 12.5. The minimum atomic E-state index is -0.763. The van der Waals surface area contributed by atoms with Crippen molar-refractivity contribution < 1.29 is 28.6 Å². The molecule has 0 N–H and O–H groups in total. The number of esters is 3. The maximum absolute atomic E-state index is 12.8. The highest BCUT2D eigenvalue weighted by Crippen LogP contribution is 2.18. The Bertz CT molecular complexity index is 964. The number of ether oxygens (including phenoxy) is 3. The molecule has 0 aromatic heterocycles. The Labute approximate surface area is 393 Å². The van der Waals surface area contributed by atoms with Crippen LogP contribution in [0.25, 0.3) is 0 Å².